The number of carbonyl (C=O) groups is 3. The maximum atomic E-state index is 14.7. The molecule has 2 saturated heterocycles. The molecule has 4 heterocycles. The molecule has 270 valence electrons. The van der Waals surface area contributed by atoms with Gasteiger partial charge in [0.1, 0.15) is 16.4 Å². The van der Waals surface area contributed by atoms with Gasteiger partial charge in [-0.25, -0.2) is 4.79 Å². The number of benzene rings is 1. The van der Waals surface area contributed by atoms with Gasteiger partial charge in [-0.3, -0.25) is 14.6 Å². The summed E-state index contributed by atoms with van der Waals surface area (Å²) >= 11 is 0.375. The van der Waals surface area contributed by atoms with E-state index in [0.717, 1.165) is 23.8 Å². The lowest BCUT2D eigenvalue weighted by molar-refractivity contribution is -0.159. The van der Waals surface area contributed by atoms with E-state index in [0.29, 0.717) is 35.3 Å². The molecule has 1 aromatic carbocycles. The van der Waals surface area contributed by atoms with Crippen molar-refractivity contribution >= 4 is 34.8 Å². The molecule has 2 fully saturated rings. The second kappa shape index (κ2) is 14.7. The molecule has 2 aromatic heterocycles. The van der Waals surface area contributed by atoms with Crippen LogP contribution in [0.15, 0.2) is 54.2 Å². The average Bonchev–Trinajstić information content (AvgIpc) is 3.56. The van der Waals surface area contributed by atoms with Crippen LogP contribution in [0.4, 0.5) is 32.0 Å². The summed E-state index contributed by atoms with van der Waals surface area (Å²) in [6.07, 6.45) is -7.26. The molecule has 1 N–H and O–H groups in total. The number of likely N-dealkylation sites (tertiary alicyclic amines) is 1. The lowest BCUT2D eigenvalue weighted by atomic mass is 9.79. The van der Waals surface area contributed by atoms with Crippen molar-refractivity contribution < 1.29 is 55.3 Å². The lowest BCUT2D eigenvalue weighted by Crippen LogP contribution is -2.69. The Balaban J connectivity index is 1.49. The Morgan fingerprint density at radius 2 is 1.74 bits per heavy atom. The van der Waals surface area contributed by atoms with E-state index in [1.165, 1.54) is 9.80 Å². The highest BCUT2D eigenvalue weighted by molar-refractivity contribution is 7.10. The van der Waals surface area contributed by atoms with Gasteiger partial charge in [-0.05, 0) is 31.0 Å². The predicted octanol–water partition coefficient (Wildman–Crippen LogP) is 6.22. The monoisotopic (exact) mass is 728 g/mol. The van der Waals surface area contributed by atoms with Crippen molar-refractivity contribution in [2.75, 3.05) is 44.2 Å². The molecule has 17 heteroatoms. The van der Waals surface area contributed by atoms with Crippen LogP contribution in [-0.2, 0) is 21.9 Å². The number of carboxylic acids is 1. The van der Waals surface area contributed by atoms with E-state index in [1.54, 1.807) is 31.2 Å². The first-order chi connectivity index (χ1) is 23.7. The molecule has 2 atom stereocenters. The summed E-state index contributed by atoms with van der Waals surface area (Å²) in [5.41, 5.74) is -3.25. The fraction of sp³-hybridized carbons (Fsp3) is 0.455. The van der Waals surface area contributed by atoms with Crippen molar-refractivity contribution in [2.24, 2.45) is 0 Å². The number of aliphatic carboxylic acids is 1. The lowest BCUT2D eigenvalue weighted by Gasteiger charge is -2.50. The van der Waals surface area contributed by atoms with Crippen LogP contribution in [0.25, 0.3) is 0 Å². The number of nitrogens with zero attached hydrogens (tertiary/aromatic N) is 4. The van der Waals surface area contributed by atoms with E-state index < -0.39 is 64.4 Å². The van der Waals surface area contributed by atoms with Crippen molar-refractivity contribution in [2.45, 2.75) is 56.6 Å². The molecule has 0 radical (unpaired) electrons. The number of thiophene rings is 1. The molecule has 3 aromatic rings. The number of hydrogen-bond acceptors (Lipinski definition) is 8. The third kappa shape index (κ3) is 7.76. The van der Waals surface area contributed by atoms with Gasteiger partial charge in [0.2, 0.25) is 5.60 Å². The number of anilines is 1. The minimum Gasteiger partial charge on any atom is -0.480 e. The zero-order valence-corrected chi connectivity index (χ0v) is 27.6. The number of carbonyl (C=O) groups excluding carboxylic acids is 2. The van der Waals surface area contributed by atoms with Gasteiger partial charge >= 0.3 is 18.3 Å². The first kappa shape index (κ1) is 36.7. The quantitative estimate of drug-likeness (QED) is 0.245. The largest absolute Gasteiger partial charge is 0.480 e. The van der Waals surface area contributed by atoms with Crippen LogP contribution in [-0.4, -0.2) is 88.6 Å². The number of piperidine rings is 1. The summed E-state index contributed by atoms with van der Waals surface area (Å²) in [4.78, 5) is 47.1. The van der Waals surface area contributed by atoms with Crippen molar-refractivity contribution in [1.29, 1.82) is 0 Å². The fourth-order valence-corrected chi connectivity index (χ4v) is 7.18. The summed E-state index contributed by atoms with van der Waals surface area (Å²) in [6.45, 7) is 1.92. The SMILES string of the molecule is CCC[C@H]1N(C(=O)c2cnccc2C(F)(F)F)CCC[C@@]1(Oc1csc(C(F)(F)F)c1)C(=O)N1CCN(c2ccccc2OCC(=O)O)CC1. The Bertz CT molecular complexity index is 1690. The molecular formula is C33H34F6N4O6S. The summed E-state index contributed by atoms with van der Waals surface area (Å²) in [5, 5.41) is 10.2. The second-order valence-corrected chi connectivity index (χ2v) is 12.8. The van der Waals surface area contributed by atoms with Crippen molar-refractivity contribution in [3.8, 4) is 11.5 Å². The molecule has 2 aliphatic heterocycles. The van der Waals surface area contributed by atoms with Crippen LogP contribution in [0.5, 0.6) is 11.5 Å². The van der Waals surface area contributed by atoms with Gasteiger partial charge in [-0.2, -0.15) is 26.3 Å². The predicted molar refractivity (Wildman–Crippen MR) is 169 cm³/mol. The number of halogens is 6. The second-order valence-electron chi connectivity index (χ2n) is 11.9. The van der Waals surface area contributed by atoms with Crippen LogP contribution in [0, 0.1) is 0 Å². The maximum Gasteiger partial charge on any atom is 0.425 e. The number of carboxylic acid groups (broad SMARTS) is 1. The number of ether oxygens (including phenoxy) is 2. The number of para-hydroxylation sites is 2. The van der Waals surface area contributed by atoms with E-state index in [-0.39, 0.29) is 57.7 Å². The van der Waals surface area contributed by atoms with Crippen molar-refractivity contribution in [3.63, 3.8) is 0 Å². The van der Waals surface area contributed by atoms with Gasteiger partial charge in [-0.1, -0.05) is 25.5 Å². The highest BCUT2D eigenvalue weighted by atomic mass is 32.1. The van der Waals surface area contributed by atoms with Crippen LogP contribution >= 0.6 is 11.3 Å². The maximum absolute atomic E-state index is 14.7. The van der Waals surface area contributed by atoms with E-state index in [4.69, 9.17) is 14.6 Å². The third-order valence-corrected chi connectivity index (χ3v) is 9.64. The topological polar surface area (TPSA) is 113 Å². The van der Waals surface area contributed by atoms with E-state index in [1.807, 2.05) is 4.90 Å². The molecule has 0 bridgehead atoms. The van der Waals surface area contributed by atoms with Gasteiger partial charge in [0, 0.05) is 63.0 Å². The number of alkyl halides is 6. The van der Waals surface area contributed by atoms with Gasteiger partial charge in [0.15, 0.2) is 6.61 Å². The molecule has 0 spiro atoms. The number of aromatic nitrogens is 1. The molecular weight excluding hydrogens is 694 g/mol. The normalized spacial score (nSPS) is 20.1. The Hall–Kier alpha value is -4.54. The molecule has 10 nitrogen and oxygen atoms in total. The zero-order chi connectivity index (χ0) is 36.3. The van der Waals surface area contributed by atoms with Gasteiger partial charge < -0.3 is 29.3 Å². The summed E-state index contributed by atoms with van der Waals surface area (Å²) in [5.74, 6) is -2.70. The summed E-state index contributed by atoms with van der Waals surface area (Å²) in [6, 6.07) is 7.11. The molecule has 2 aliphatic rings. The molecule has 5 rings (SSSR count). The van der Waals surface area contributed by atoms with Crippen LogP contribution in [0.3, 0.4) is 0 Å². The molecule has 0 aliphatic carbocycles. The Kier molecular flexibility index (Phi) is 10.8. The number of piperazine rings is 1. The number of pyridine rings is 1. The van der Waals surface area contributed by atoms with Crippen molar-refractivity contribution in [3.05, 3.63) is 70.2 Å². The van der Waals surface area contributed by atoms with Gasteiger partial charge in [0.05, 0.1) is 22.9 Å². The summed E-state index contributed by atoms with van der Waals surface area (Å²) in [7, 11) is 0. The minimum atomic E-state index is -4.88. The number of rotatable bonds is 10. The molecule has 0 saturated carbocycles. The minimum absolute atomic E-state index is 0.0112. The first-order valence-electron chi connectivity index (χ1n) is 15.8. The Morgan fingerprint density at radius 1 is 1.02 bits per heavy atom. The van der Waals surface area contributed by atoms with Gasteiger partial charge in [-0.15, -0.1) is 11.3 Å². The zero-order valence-electron chi connectivity index (χ0n) is 26.8. The smallest absolute Gasteiger partial charge is 0.425 e. The highest BCUT2D eigenvalue weighted by Gasteiger charge is 2.56. The number of amides is 2. The van der Waals surface area contributed by atoms with Crippen LogP contribution < -0.4 is 14.4 Å². The molecule has 50 heavy (non-hydrogen) atoms. The Labute approximate surface area is 287 Å². The van der Waals surface area contributed by atoms with Crippen LogP contribution in [0.1, 0.15) is 53.4 Å². The first-order valence-corrected chi connectivity index (χ1v) is 16.7. The molecule has 2 amide bonds. The van der Waals surface area contributed by atoms with E-state index >= 15 is 0 Å². The number of hydrogen-bond donors (Lipinski definition) is 1. The fourth-order valence-electron chi connectivity index (χ4n) is 6.50. The highest BCUT2D eigenvalue weighted by Crippen LogP contribution is 2.43. The summed E-state index contributed by atoms with van der Waals surface area (Å²) < 4.78 is 94.4. The molecule has 0 unspecified atom stereocenters. The van der Waals surface area contributed by atoms with Crippen molar-refractivity contribution in [1.82, 2.24) is 14.8 Å². The third-order valence-electron chi connectivity index (χ3n) is 8.68. The van der Waals surface area contributed by atoms with Gasteiger partial charge in [0.25, 0.3) is 11.8 Å². The standard InChI is InChI=1S/C33H34F6N4O6S/c1-2-6-26-31(49-21-17-27(50-20-21)33(37,38)39,10-5-12-43(26)29(46)22-18-40-11-9-23(22)32(34,35)36)30(47)42-15-13-41(14-16-42)24-7-3-4-8-25(24)48-19-28(44)45/h3-4,7-9,11,17-18,20,26H,2,5-6,10,12-16,19H2,1H3,(H,44,45)/t26-,31+/m1/s1. The van der Waals surface area contributed by atoms with E-state index in [9.17, 15) is 40.7 Å². The van der Waals surface area contributed by atoms with E-state index in [2.05, 4.69) is 4.98 Å². The van der Waals surface area contributed by atoms with Crippen LogP contribution in [0.2, 0.25) is 0 Å². The Morgan fingerprint density at radius 3 is 2.38 bits per heavy atom. The average molecular weight is 729 g/mol.